The van der Waals surface area contributed by atoms with E-state index in [1.54, 1.807) is 20.8 Å². The van der Waals surface area contributed by atoms with E-state index in [4.69, 9.17) is 4.74 Å². The summed E-state index contributed by atoms with van der Waals surface area (Å²) in [7, 11) is 0. The molecule has 0 atom stereocenters. The average molecular weight is 276 g/mol. The lowest BCUT2D eigenvalue weighted by atomic mass is 9.84. The van der Waals surface area contributed by atoms with Gasteiger partial charge < -0.3 is 14.9 Å². The normalized spacial score (nSPS) is 14.6. The summed E-state index contributed by atoms with van der Waals surface area (Å²) in [6.45, 7) is 6.57. The van der Waals surface area contributed by atoms with Gasteiger partial charge in [0.25, 0.3) is 0 Å². The fraction of sp³-hybridized carbons (Fsp3) is 0.333. The second kappa shape index (κ2) is 4.67. The third-order valence-electron chi connectivity index (χ3n) is 3.63. The molecule has 1 aromatic rings. The van der Waals surface area contributed by atoms with Crippen molar-refractivity contribution in [1.29, 1.82) is 0 Å². The SMILES string of the molecule is CCOC1=C(C)C(=O)c2c(O)c(C)c(C)c(O)c2C1=O. The van der Waals surface area contributed by atoms with Crippen molar-refractivity contribution in [2.75, 3.05) is 6.61 Å². The minimum atomic E-state index is -0.574. The third-order valence-corrected chi connectivity index (χ3v) is 3.63. The molecule has 0 heterocycles. The zero-order chi connectivity index (χ0) is 15.2. The van der Waals surface area contributed by atoms with E-state index in [1.807, 2.05) is 0 Å². The molecular weight excluding hydrogens is 260 g/mol. The molecule has 0 radical (unpaired) electrons. The maximum Gasteiger partial charge on any atom is 0.232 e. The fourth-order valence-electron chi connectivity index (χ4n) is 2.30. The van der Waals surface area contributed by atoms with Crippen molar-refractivity contribution in [3.63, 3.8) is 0 Å². The smallest absolute Gasteiger partial charge is 0.232 e. The van der Waals surface area contributed by atoms with E-state index < -0.39 is 11.6 Å². The number of carbonyl (C=O) groups excluding carboxylic acids is 2. The molecule has 1 aliphatic rings. The maximum absolute atomic E-state index is 12.4. The first-order valence-electron chi connectivity index (χ1n) is 6.31. The van der Waals surface area contributed by atoms with Gasteiger partial charge in [-0.15, -0.1) is 0 Å². The first kappa shape index (κ1) is 14.1. The van der Waals surface area contributed by atoms with Crippen molar-refractivity contribution < 1.29 is 24.5 Å². The first-order chi connectivity index (χ1) is 9.32. The Morgan fingerprint density at radius 2 is 1.35 bits per heavy atom. The van der Waals surface area contributed by atoms with Crippen LogP contribution in [0.25, 0.3) is 0 Å². The predicted octanol–water partition coefficient (Wildman–Crippen LogP) is 2.40. The first-order valence-corrected chi connectivity index (χ1v) is 6.31. The summed E-state index contributed by atoms with van der Waals surface area (Å²) in [5, 5.41) is 20.3. The highest BCUT2D eigenvalue weighted by molar-refractivity contribution is 6.28. The van der Waals surface area contributed by atoms with E-state index >= 15 is 0 Å². The zero-order valence-corrected chi connectivity index (χ0v) is 11.8. The van der Waals surface area contributed by atoms with Gasteiger partial charge in [-0.1, -0.05) is 0 Å². The molecule has 0 aromatic heterocycles. The number of benzene rings is 1. The second-order valence-corrected chi connectivity index (χ2v) is 4.74. The van der Waals surface area contributed by atoms with Crippen LogP contribution in [0, 0.1) is 13.8 Å². The number of rotatable bonds is 2. The topological polar surface area (TPSA) is 83.8 Å². The Kier molecular flexibility index (Phi) is 3.29. The van der Waals surface area contributed by atoms with E-state index in [0.717, 1.165) is 0 Å². The number of phenols is 2. The Hall–Kier alpha value is -2.30. The summed E-state index contributed by atoms with van der Waals surface area (Å²) < 4.78 is 5.22. The maximum atomic E-state index is 12.4. The second-order valence-electron chi connectivity index (χ2n) is 4.74. The van der Waals surface area contributed by atoms with Crippen molar-refractivity contribution in [1.82, 2.24) is 0 Å². The summed E-state index contributed by atoms with van der Waals surface area (Å²) in [4.78, 5) is 24.7. The number of allylic oxidation sites excluding steroid dienone is 2. The van der Waals surface area contributed by atoms with Crippen molar-refractivity contribution >= 4 is 11.6 Å². The molecule has 0 saturated carbocycles. The Bertz CT molecular complexity index is 668. The molecule has 0 saturated heterocycles. The molecule has 5 nitrogen and oxygen atoms in total. The van der Waals surface area contributed by atoms with Crippen LogP contribution in [0.15, 0.2) is 11.3 Å². The van der Waals surface area contributed by atoms with Crippen LogP contribution in [0.4, 0.5) is 0 Å². The molecule has 1 aromatic carbocycles. The van der Waals surface area contributed by atoms with Crippen LogP contribution in [0.2, 0.25) is 0 Å². The monoisotopic (exact) mass is 276 g/mol. The Balaban J connectivity index is 2.84. The summed E-state index contributed by atoms with van der Waals surface area (Å²) in [6.07, 6.45) is 0. The molecule has 20 heavy (non-hydrogen) atoms. The van der Waals surface area contributed by atoms with Crippen molar-refractivity contribution in [3.8, 4) is 11.5 Å². The van der Waals surface area contributed by atoms with Crippen LogP contribution >= 0.6 is 0 Å². The molecule has 0 spiro atoms. The molecule has 0 aliphatic heterocycles. The number of carbonyl (C=O) groups is 2. The number of ketones is 2. The Labute approximate surface area is 116 Å². The van der Waals surface area contributed by atoms with E-state index in [0.29, 0.717) is 11.1 Å². The van der Waals surface area contributed by atoms with E-state index in [2.05, 4.69) is 0 Å². The molecule has 0 bridgehead atoms. The van der Waals surface area contributed by atoms with Gasteiger partial charge in [-0.2, -0.15) is 0 Å². The molecule has 2 N–H and O–H groups in total. The molecule has 1 aliphatic carbocycles. The molecular formula is C15H16O5. The van der Waals surface area contributed by atoms with E-state index in [1.165, 1.54) is 6.92 Å². The lowest BCUT2D eigenvalue weighted by Crippen LogP contribution is -2.23. The zero-order valence-electron chi connectivity index (χ0n) is 11.8. The van der Waals surface area contributed by atoms with Crippen molar-refractivity contribution in [3.05, 3.63) is 33.6 Å². The highest BCUT2D eigenvalue weighted by Gasteiger charge is 2.37. The lowest BCUT2D eigenvalue weighted by molar-refractivity contribution is 0.0875. The number of hydrogen-bond donors (Lipinski definition) is 2. The summed E-state index contributed by atoms with van der Waals surface area (Å²) >= 11 is 0. The van der Waals surface area contributed by atoms with E-state index in [-0.39, 0.29) is 40.6 Å². The highest BCUT2D eigenvalue weighted by Crippen LogP contribution is 2.42. The van der Waals surface area contributed by atoms with Crippen LogP contribution in [0.1, 0.15) is 45.7 Å². The predicted molar refractivity (Wildman–Crippen MR) is 72.2 cm³/mol. The number of phenolic OH excluding ortho intramolecular Hbond substituents is 2. The molecule has 0 fully saturated rings. The highest BCUT2D eigenvalue weighted by atomic mass is 16.5. The van der Waals surface area contributed by atoms with Gasteiger partial charge in [0.15, 0.2) is 11.5 Å². The van der Waals surface area contributed by atoms with Gasteiger partial charge in [-0.05, 0) is 38.8 Å². The number of hydrogen-bond acceptors (Lipinski definition) is 5. The fourth-order valence-corrected chi connectivity index (χ4v) is 2.30. The van der Waals surface area contributed by atoms with Gasteiger partial charge in [-0.3, -0.25) is 9.59 Å². The molecule has 0 unspecified atom stereocenters. The molecule has 5 heteroatoms. The van der Waals surface area contributed by atoms with Gasteiger partial charge in [0.05, 0.1) is 17.7 Å². The number of Topliss-reactive ketones (excluding diaryl/α,β-unsaturated/α-hetero) is 2. The number of ether oxygens (including phenoxy) is 1. The number of fused-ring (bicyclic) bond motifs is 1. The summed E-state index contributed by atoms with van der Waals surface area (Å²) in [6, 6.07) is 0. The third kappa shape index (κ3) is 1.70. The minimum Gasteiger partial charge on any atom is -0.507 e. The quantitative estimate of drug-likeness (QED) is 0.810. The van der Waals surface area contributed by atoms with Crippen LogP contribution < -0.4 is 0 Å². The average Bonchev–Trinajstić information content (AvgIpc) is 2.42. The summed E-state index contributed by atoms with van der Waals surface area (Å²) in [5.74, 6) is -1.68. The standard InChI is InChI=1S/C15H16O5/c1-5-20-15-8(4)13(18)9-10(14(15)19)12(17)7(3)6(2)11(9)16/h16-17H,5H2,1-4H3. The van der Waals surface area contributed by atoms with Crippen LogP contribution in [-0.2, 0) is 4.74 Å². The van der Waals surface area contributed by atoms with Crippen LogP contribution in [-0.4, -0.2) is 28.4 Å². The molecule has 0 amide bonds. The molecule has 2 rings (SSSR count). The van der Waals surface area contributed by atoms with Gasteiger partial charge in [0.2, 0.25) is 5.78 Å². The van der Waals surface area contributed by atoms with Crippen LogP contribution in [0.5, 0.6) is 11.5 Å². The van der Waals surface area contributed by atoms with Gasteiger partial charge in [0, 0.05) is 5.57 Å². The Morgan fingerprint density at radius 3 is 1.80 bits per heavy atom. The number of aromatic hydroxyl groups is 2. The van der Waals surface area contributed by atoms with Gasteiger partial charge in [0.1, 0.15) is 11.5 Å². The lowest BCUT2D eigenvalue weighted by Gasteiger charge is -2.22. The largest absolute Gasteiger partial charge is 0.507 e. The summed E-state index contributed by atoms with van der Waals surface area (Å²) in [5.41, 5.74) is 0.580. The van der Waals surface area contributed by atoms with Crippen molar-refractivity contribution in [2.24, 2.45) is 0 Å². The van der Waals surface area contributed by atoms with Crippen molar-refractivity contribution in [2.45, 2.75) is 27.7 Å². The van der Waals surface area contributed by atoms with E-state index in [9.17, 15) is 19.8 Å². The van der Waals surface area contributed by atoms with Crippen LogP contribution in [0.3, 0.4) is 0 Å². The Morgan fingerprint density at radius 1 is 0.900 bits per heavy atom. The molecule has 106 valence electrons. The van der Waals surface area contributed by atoms with Gasteiger partial charge in [-0.25, -0.2) is 0 Å². The van der Waals surface area contributed by atoms with Gasteiger partial charge >= 0.3 is 0 Å². The minimum absolute atomic E-state index is 0.0667.